The fourth-order valence-electron chi connectivity index (χ4n) is 8.62. The fraction of sp³-hybridized carbons (Fsp3) is 0.310. The summed E-state index contributed by atoms with van der Waals surface area (Å²) in [6, 6.07) is 19.1. The minimum Gasteiger partial charge on any atom is -0.455 e. The Balaban J connectivity index is 0.964. The Morgan fingerprint density at radius 1 is 1.02 bits per heavy atom. The van der Waals surface area contributed by atoms with E-state index in [0.29, 0.717) is 16.8 Å². The summed E-state index contributed by atoms with van der Waals surface area (Å²) in [7, 11) is -2.99. The van der Waals surface area contributed by atoms with Crippen LogP contribution in [0.2, 0.25) is 5.02 Å². The van der Waals surface area contributed by atoms with Gasteiger partial charge in [0, 0.05) is 74.2 Å². The van der Waals surface area contributed by atoms with E-state index in [4.69, 9.17) is 16.3 Å². The number of piperazine rings is 1. The molecule has 2 aliphatic carbocycles. The van der Waals surface area contributed by atoms with Crippen molar-refractivity contribution in [1.29, 1.82) is 0 Å². The van der Waals surface area contributed by atoms with Gasteiger partial charge in [0.1, 0.15) is 17.1 Å². The molecule has 14 nitrogen and oxygen atoms in total. The average Bonchev–Trinajstić information content (AvgIpc) is 3.83. The monoisotopic (exact) mass is 820 g/mol. The minimum atomic E-state index is -4.58. The minimum absolute atomic E-state index is 0.0357. The van der Waals surface area contributed by atoms with Crippen LogP contribution in [0.15, 0.2) is 95.9 Å². The first-order chi connectivity index (χ1) is 27.9. The van der Waals surface area contributed by atoms with Crippen molar-refractivity contribution in [2.24, 2.45) is 12.5 Å². The maximum atomic E-state index is 13.9. The Bertz CT molecular complexity index is 2730. The summed E-state index contributed by atoms with van der Waals surface area (Å²) >= 11 is 6.27. The molecule has 1 spiro atoms. The van der Waals surface area contributed by atoms with Crippen molar-refractivity contribution < 1.29 is 22.9 Å². The number of fused-ring (bicyclic) bond motifs is 2. The van der Waals surface area contributed by atoms with Crippen LogP contribution in [0, 0.1) is 15.5 Å². The first kappa shape index (κ1) is 37.8. The van der Waals surface area contributed by atoms with Gasteiger partial charge >= 0.3 is 0 Å². The molecule has 16 heteroatoms. The average molecular weight is 821 g/mol. The SMILES string of the molecule is Cn1cnc2c([N+](=O)[O-])cc(S(=O)(=O)NC(=O)c3ccc(N4CCN(CC5=C(c6ccc(Cl)cc6)CC6(CCC6)CC5)CC4)cc3Oc3cnc4[nH]ccc4c3)cc21. The Hall–Kier alpha value is -5.77. The van der Waals surface area contributed by atoms with Gasteiger partial charge in [0.15, 0.2) is 5.52 Å². The van der Waals surface area contributed by atoms with Crippen LogP contribution in [0.25, 0.3) is 27.6 Å². The molecule has 3 aromatic heterocycles. The zero-order valence-corrected chi connectivity index (χ0v) is 33.4. The van der Waals surface area contributed by atoms with Gasteiger partial charge in [-0.05, 0) is 91.1 Å². The Morgan fingerprint density at radius 2 is 1.81 bits per heavy atom. The number of nitrogens with zero attached hydrogens (tertiary/aromatic N) is 6. The molecular weight excluding hydrogens is 780 g/mol. The van der Waals surface area contributed by atoms with Crippen LogP contribution >= 0.6 is 11.6 Å². The van der Waals surface area contributed by atoms with Gasteiger partial charge < -0.3 is 19.2 Å². The van der Waals surface area contributed by atoms with E-state index in [-0.39, 0.29) is 22.3 Å². The van der Waals surface area contributed by atoms with E-state index in [1.807, 2.05) is 18.2 Å². The number of hydrogen-bond donors (Lipinski definition) is 2. The van der Waals surface area contributed by atoms with E-state index in [1.165, 1.54) is 65.6 Å². The zero-order valence-electron chi connectivity index (χ0n) is 31.8. The summed E-state index contributed by atoms with van der Waals surface area (Å²) in [6.45, 7) is 4.05. The summed E-state index contributed by atoms with van der Waals surface area (Å²) in [5, 5.41) is 13.4. The highest BCUT2D eigenvalue weighted by molar-refractivity contribution is 7.90. The number of carbonyl (C=O) groups is 1. The van der Waals surface area contributed by atoms with Gasteiger partial charge in [-0.2, -0.15) is 0 Å². The lowest BCUT2D eigenvalue weighted by Crippen LogP contribution is -2.47. The molecule has 0 bridgehead atoms. The van der Waals surface area contributed by atoms with Gasteiger partial charge in [-0.15, -0.1) is 0 Å². The number of nitro groups is 1. The molecule has 2 N–H and O–H groups in total. The lowest BCUT2D eigenvalue weighted by Gasteiger charge is -2.47. The van der Waals surface area contributed by atoms with Crippen LogP contribution in [0.5, 0.6) is 11.5 Å². The number of aromatic nitrogens is 4. The fourth-order valence-corrected chi connectivity index (χ4v) is 9.76. The van der Waals surface area contributed by atoms with Crippen LogP contribution < -0.4 is 14.4 Å². The highest BCUT2D eigenvalue weighted by Gasteiger charge is 2.41. The molecule has 1 amide bonds. The molecule has 0 atom stereocenters. The van der Waals surface area contributed by atoms with Gasteiger partial charge in [0.2, 0.25) is 0 Å². The molecule has 1 saturated heterocycles. The topological polar surface area (TPSA) is 169 Å². The normalized spacial score (nSPS) is 17.2. The van der Waals surface area contributed by atoms with Gasteiger partial charge in [-0.3, -0.25) is 19.8 Å². The third kappa shape index (κ3) is 7.29. The van der Waals surface area contributed by atoms with E-state index in [1.54, 1.807) is 37.5 Å². The second kappa shape index (κ2) is 14.9. The Morgan fingerprint density at radius 3 is 2.55 bits per heavy atom. The van der Waals surface area contributed by atoms with Crippen molar-refractivity contribution in [3.8, 4) is 11.5 Å². The molecule has 2 fully saturated rings. The smallest absolute Gasteiger partial charge is 0.298 e. The maximum Gasteiger partial charge on any atom is 0.298 e. The van der Waals surface area contributed by atoms with Crippen LogP contribution in [0.3, 0.4) is 0 Å². The number of anilines is 1. The number of amides is 1. The van der Waals surface area contributed by atoms with E-state index in [2.05, 4.69) is 41.6 Å². The largest absolute Gasteiger partial charge is 0.455 e. The molecule has 6 aromatic rings. The molecular formula is C42H41ClN8O6S. The maximum absolute atomic E-state index is 13.9. The third-order valence-corrected chi connectivity index (χ3v) is 13.6. The Labute approximate surface area is 339 Å². The number of nitro benzene ring substituents is 1. The van der Waals surface area contributed by atoms with Crippen LogP contribution in [-0.4, -0.2) is 76.4 Å². The number of allylic oxidation sites excluding steroid dienone is 1. The lowest BCUT2D eigenvalue weighted by molar-refractivity contribution is -0.383. The number of H-pyrrole nitrogens is 1. The highest BCUT2D eigenvalue weighted by Crippen LogP contribution is 2.55. The quantitative estimate of drug-likeness (QED) is 0.103. The molecule has 1 saturated carbocycles. The van der Waals surface area contributed by atoms with Crippen molar-refractivity contribution >= 4 is 66.5 Å². The predicted octanol–water partition coefficient (Wildman–Crippen LogP) is 7.85. The van der Waals surface area contributed by atoms with E-state index >= 15 is 0 Å². The van der Waals surface area contributed by atoms with Gasteiger partial charge in [-0.1, -0.05) is 35.7 Å². The number of halogens is 1. The molecule has 0 unspecified atom stereocenters. The molecule has 0 radical (unpaired) electrons. The highest BCUT2D eigenvalue weighted by atomic mass is 35.5. The number of ether oxygens (including phenoxy) is 1. The number of aromatic amines is 1. The number of rotatable bonds is 10. The number of carbonyl (C=O) groups excluding carboxylic acids is 1. The number of non-ortho nitro benzene ring substituents is 1. The Kier molecular flexibility index (Phi) is 9.69. The molecule has 9 rings (SSSR count). The van der Waals surface area contributed by atoms with Crippen molar-refractivity contribution in [3.05, 3.63) is 117 Å². The number of nitrogens with one attached hydrogen (secondary N) is 2. The second-order valence-corrected chi connectivity index (χ2v) is 17.7. The molecule has 4 heterocycles. The molecule has 58 heavy (non-hydrogen) atoms. The van der Waals surface area contributed by atoms with Gasteiger partial charge in [-0.25, -0.2) is 23.1 Å². The third-order valence-electron chi connectivity index (χ3n) is 12.0. The number of benzene rings is 3. The van der Waals surface area contributed by atoms with Crippen molar-refractivity contribution in [2.45, 2.75) is 43.4 Å². The van der Waals surface area contributed by atoms with E-state index < -0.39 is 31.4 Å². The summed E-state index contributed by atoms with van der Waals surface area (Å²) < 4.78 is 37.2. The number of pyridine rings is 1. The summed E-state index contributed by atoms with van der Waals surface area (Å²) in [5.41, 5.74) is 5.91. The first-order valence-corrected chi connectivity index (χ1v) is 21.2. The van der Waals surface area contributed by atoms with Crippen molar-refractivity contribution in [3.63, 3.8) is 0 Å². The number of sulfonamides is 1. The summed E-state index contributed by atoms with van der Waals surface area (Å²) in [4.78, 5) is 40.8. The number of hydrogen-bond acceptors (Lipinski definition) is 10. The summed E-state index contributed by atoms with van der Waals surface area (Å²) in [5.74, 6) is -0.484. The van der Waals surface area contributed by atoms with Gasteiger partial charge in [0.25, 0.3) is 21.6 Å². The van der Waals surface area contributed by atoms with E-state index in [9.17, 15) is 23.3 Å². The molecule has 298 valence electrons. The standard InChI is InChI=1S/C42H41ClN8O6S/c1-48-26-46-39-36(48)21-33(22-37(39)51(53)54)58(55,56)47-41(52)34-8-7-31(20-38(34)57-32-19-28-10-14-44-40(28)45-24-32)50-17-15-49(16-18-50)25-29-9-13-42(11-2-12-42)23-35(29)27-3-5-30(43)6-4-27/h3-8,10,14,19-22,24,26H,2,9,11-13,15-18,23,25H2,1H3,(H,44,45)(H,47,52). The summed E-state index contributed by atoms with van der Waals surface area (Å²) in [6.07, 6.45) is 12.0. The van der Waals surface area contributed by atoms with Crippen LogP contribution in [-0.2, 0) is 17.1 Å². The van der Waals surface area contributed by atoms with Crippen molar-refractivity contribution in [2.75, 3.05) is 37.6 Å². The number of aryl methyl sites for hydroxylation is 1. The first-order valence-electron chi connectivity index (χ1n) is 19.3. The van der Waals surface area contributed by atoms with Crippen LogP contribution in [0.1, 0.15) is 54.4 Å². The van der Waals surface area contributed by atoms with Gasteiger partial charge in [0.05, 0.1) is 33.4 Å². The second-order valence-electron chi connectivity index (χ2n) is 15.6. The van der Waals surface area contributed by atoms with Crippen LogP contribution in [0.4, 0.5) is 11.4 Å². The van der Waals surface area contributed by atoms with E-state index in [0.717, 1.165) is 67.7 Å². The zero-order chi connectivity index (χ0) is 40.2. The van der Waals surface area contributed by atoms with Crippen molar-refractivity contribution in [1.82, 2.24) is 29.1 Å². The lowest BCUT2D eigenvalue weighted by atomic mass is 9.59. The molecule has 3 aromatic carbocycles. The predicted molar refractivity (Wildman–Crippen MR) is 222 cm³/mol. The molecule has 1 aliphatic heterocycles. The number of imidazole rings is 1. The molecule has 3 aliphatic rings.